The molecule has 4 nitrogen and oxygen atoms in total. The van der Waals surface area contributed by atoms with Crippen LogP contribution in [0.3, 0.4) is 0 Å². The third-order valence-corrected chi connectivity index (χ3v) is 3.52. The van der Waals surface area contributed by atoms with Crippen molar-refractivity contribution in [1.29, 1.82) is 0 Å². The molecule has 1 aromatic rings. The molecule has 2 rings (SSSR count). The number of carboxylic acids is 1. The first kappa shape index (κ1) is 14.9. The standard InChI is InChI=1S/C14H18F2N2O2/c15-12-2-1-11(13(16)9-12)10-18-7-5-17(6-8-18)4-3-14(19)20/h1-2,9H,3-8,10H2,(H,19,20). The summed E-state index contributed by atoms with van der Waals surface area (Å²) in [4.78, 5) is 14.7. The van der Waals surface area contributed by atoms with Crippen LogP contribution in [0.15, 0.2) is 18.2 Å². The van der Waals surface area contributed by atoms with Crippen LogP contribution in [0.4, 0.5) is 8.78 Å². The topological polar surface area (TPSA) is 43.8 Å². The number of carboxylic acid groups (broad SMARTS) is 1. The Labute approximate surface area is 116 Å². The van der Waals surface area contributed by atoms with Gasteiger partial charge in [-0.3, -0.25) is 9.69 Å². The van der Waals surface area contributed by atoms with Crippen molar-refractivity contribution in [3.8, 4) is 0 Å². The van der Waals surface area contributed by atoms with Gasteiger partial charge in [-0.15, -0.1) is 0 Å². The van der Waals surface area contributed by atoms with Gasteiger partial charge in [0, 0.05) is 50.9 Å². The zero-order chi connectivity index (χ0) is 14.5. The van der Waals surface area contributed by atoms with Crippen molar-refractivity contribution in [2.75, 3.05) is 32.7 Å². The molecule has 0 amide bonds. The summed E-state index contributed by atoms with van der Waals surface area (Å²) < 4.78 is 26.4. The van der Waals surface area contributed by atoms with E-state index in [4.69, 9.17) is 5.11 Å². The molecule has 1 saturated heterocycles. The maximum atomic E-state index is 13.5. The minimum absolute atomic E-state index is 0.145. The summed E-state index contributed by atoms with van der Waals surface area (Å²) in [6, 6.07) is 3.64. The van der Waals surface area contributed by atoms with Gasteiger partial charge in [0.2, 0.25) is 0 Å². The number of hydrogen-bond acceptors (Lipinski definition) is 3. The molecule has 110 valence electrons. The third-order valence-electron chi connectivity index (χ3n) is 3.52. The summed E-state index contributed by atoms with van der Waals surface area (Å²) in [5.74, 6) is -1.87. The molecule has 0 atom stereocenters. The van der Waals surface area contributed by atoms with Gasteiger partial charge in [-0.2, -0.15) is 0 Å². The number of carbonyl (C=O) groups is 1. The highest BCUT2D eigenvalue weighted by atomic mass is 19.1. The molecule has 0 spiro atoms. The van der Waals surface area contributed by atoms with Gasteiger partial charge in [0.05, 0.1) is 6.42 Å². The van der Waals surface area contributed by atoms with Crippen LogP contribution in [-0.4, -0.2) is 53.6 Å². The van der Waals surface area contributed by atoms with E-state index in [-0.39, 0.29) is 6.42 Å². The van der Waals surface area contributed by atoms with Crippen molar-refractivity contribution in [1.82, 2.24) is 9.80 Å². The van der Waals surface area contributed by atoms with E-state index in [0.717, 1.165) is 32.2 Å². The second-order valence-electron chi connectivity index (χ2n) is 5.00. The highest BCUT2D eigenvalue weighted by Crippen LogP contribution is 2.13. The molecule has 6 heteroatoms. The van der Waals surface area contributed by atoms with Crippen LogP contribution < -0.4 is 0 Å². The summed E-state index contributed by atoms with van der Waals surface area (Å²) in [6.45, 7) is 4.08. The van der Waals surface area contributed by atoms with Gasteiger partial charge in [0.15, 0.2) is 0 Å². The van der Waals surface area contributed by atoms with Gasteiger partial charge >= 0.3 is 5.97 Å². The summed E-state index contributed by atoms with van der Waals surface area (Å²) in [5.41, 5.74) is 0.491. The minimum atomic E-state index is -0.791. The van der Waals surface area contributed by atoms with Crippen molar-refractivity contribution in [3.05, 3.63) is 35.4 Å². The number of rotatable bonds is 5. The molecule has 0 saturated carbocycles. The van der Waals surface area contributed by atoms with Gasteiger partial charge in [0.25, 0.3) is 0 Å². The molecule has 0 radical (unpaired) electrons. The average molecular weight is 284 g/mol. The van der Waals surface area contributed by atoms with Crippen LogP contribution in [0.2, 0.25) is 0 Å². The van der Waals surface area contributed by atoms with Gasteiger partial charge in [-0.1, -0.05) is 6.07 Å². The Morgan fingerprint density at radius 2 is 1.80 bits per heavy atom. The molecule has 1 aliphatic heterocycles. The Morgan fingerprint density at radius 1 is 1.15 bits per heavy atom. The number of hydrogen-bond donors (Lipinski definition) is 1. The molecular formula is C14H18F2N2O2. The molecule has 0 aliphatic carbocycles. The zero-order valence-electron chi connectivity index (χ0n) is 11.2. The zero-order valence-corrected chi connectivity index (χ0v) is 11.2. The van der Waals surface area contributed by atoms with Crippen molar-refractivity contribution in [3.63, 3.8) is 0 Å². The normalized spacial score (nSPS) is 17.3. The average Bonchev–Trinajstić information content (AvgIpc) is 2.41. The predicted molar refractivity (Wildman–Crippen MR) is 70.3 cm³/mol. The van der Waals surface area contributed by atoms with Gasteiger partial charge in [-0.25, -0.2) is 8.78 Å². The number of aliphatic carboxylic acids is 1. The highest BCUT2D eigenvalue weighted by Gasteiger charge is 2.18. The first-order chi connectivity index (χ1) is 9.54. The highest BCUT2D eigenvalue weighted by molar-refractivity contribution is 5.66. The first-order valence-corrected chi connectivity index (χ1v) is 6.65. The van der Waals surface area contributed by atoms with Crippen LogP contribution in [0.1, 0.15) is 12.0 Å². The lowest BCUT2D eigenvalue weighted by molar-refractivity contribution is -0.137. The summed E-state index contributed by atoms with van der Waals surface area (Å²) >= 11 is 0. The van der Waals surface area contributed by atoms with Crippen molar-refractivity contribution >= 4 is 5.97 Å². The summed E-state index contributed by atoms with van der Waals surface area (Å²) in [5, 5.41) is 8.63. The molecule has 0 bridgehead atoms. The lowest BCUT2D eigenvalue weighted by atomic mass is 10.1. The van der Waals surface area contributed by atoms with Gasteiger partial charge in [-0.05, 0) is 6.07 Å². The summed E-state index contributed by atoms with van der Waals surface area (Å²) in [6.07, 6.45) is 0.145. The maximum Gasteiger partial charge on any atom is 0.304 e. The molecule has 1 N–H and O–H groups in total. The van der Waals surface area contributed by atoms with E-state index in [1.54, 1.807) is 0 Å². The van der Waals surface area contributed by atoms with E-state index in [1.807, 2.05) is 0 Å². The Hall–Kier alpha value is -1.53. The van der Waals surface area contributed by atoms with Crippen LogP contribution in [-0.2, 0) is 11.3 Å². The van der Waals surface area contributed by atoms with E-state index in [2.05, 4.69) is 9.80 Å². The minimum Gasteiger partial charge on any atom is -0.481 e. The second-order valence-corrected chi connectivity index (χ2v) is 5.00. The molecule has 1 fully saturated rings. The lowest BCUT2D eigenvalue weighted by Crippen LogP contribution is -2.46. The quantitative estimate of drug-likeness (QED) is 0.891. The largest absolute Gasteiger partial charge is 0.481 e. The Bertz CT molecular complexity index is 474. The molecule has 1 aliphatic rings. The van der Waals surface area contributed by atoms with Crippen molar-refractivity contribution in [2.45, 2.75) is 13.0 Å². The molecule has 1 aromatic carbocycles. The summed E-state index contributed by atoms with van der Waals surface area (Å²) in [7, 11) is 0. The van der Waals surface area contributed by atoms with E-state index in [1.165, 1.54) is 12.1 Å². The second kappa shape index (κ2) is 6.76. The van der Waals surface area contributed by atoms with Gasteiger partial charge in [0.1, 0.15) is 11.6 Å². The van der Waals surface area contributed by atoms with Crippen LogP contribution in [0.5, 0.6) is 0 Å². The van der Waals surface area contributed by atoms with E-state index >= 15 is 0 Å². The van der Waals surface area contributed by atoms with Crippen LogP contribution in [0.25, 0.3) is 0 Å². The van der Waals surface area contributed by atoms with Crippen LogP contribution in [0, 0.1) is 11.6 Å². The molecule has 0 unspecified atom stereocenters. The Kier molecular flexibility index (Phi) is 5.03. The number of nitrogens with zero attached hydrogens (tertiary/aromatic N) is 2. The number of halogens is 2. The SMILES string of the molecule is O=C(O)CCN1CCN(Cc2ccc(F)cc2F)CC1. The monoisotopic (exact) mass is 284 g/mol. The first-order valence-electron chi connectivity index (χ1n) is 6.65. The lowest BCUT2D eigenvalue weighted by Gasteiger charge is -2.34. The molecule has 20 heavy (non-hydrogen) atoms. The fourth-order valence-electron chi connectivity index (χ4n) is 2.32. The number of piperazine rings is 1. The molecular weight excluding hydrogens is 266 g/mol. The molecule has 0 aromatic heterocycles. The number of benzene rings is 1. The smallest absolute Gasteiger partial charge is 0.304 e. The fraction of sp³-hybridized carbons (Fsp3) is 0.500. The molecule has 1 heterocycles. The Morgan fingerprint density at radius 3 is 2.40 bits per heavy atom. The Balaban J connectivity index is 1.80. The fourth-order valence-corrected chi connectivity index (χ4v) is 2.32. The van der Waals surface area contributed by atoms with Gasteiger partial charge < -0.3 is 10.0 Å². The third kappa shape index (κ3) is 4.25. The predicted octanol–water partition coefficient (Wildman–Crippen LogP) is 1.56. The van der Waals surface area contributed by atoms with Crippen molar-refractivity contribution < 1.29 is 18.7 Å². The maximum absolute atomic E-state index is 13.5. The van der Waals surface area contributed by atoms with Crippen molar-refractivity contribution in [2.24, 2.45) is 0 Å². The van der Waals surface area contributed by atoms with Crippen LogP contribution >= 0.6 is 0 Å². The van der Waals surface area contributed by atoms with E-state index in [0.29, 0.717) is 18.7 Å². The van der Waals surface area contributed by atoms with E-state index < -0.39 is 17.6 Å². The van der Waals surface area contributed by atoms with E-state index in [9.17, 15) is 13.6 Å².